The average molecular weight is 305 g/mol. The molecule has 0 aliphatic heterocycles. The SMILES string of the molecule is O=C(CNCCc1ccccc1)Nc1ccc2cnccc2c1. The van der Waals surface area contributed by atoms with Gasteiger partial charge in [-0.3, -0.25) is 9.78 Å². The molecule has 0 saturated heterocycles. The molecule has 3 aromatic rings. The predicted molar refractivity (Wildman–Crippen MR) is 93.4 cm³/mol. The monoisotopic (exact) mass is 305 g/mol. The van der Waals surface area contributed by atoms with Crippen molar-refractivity contribution in [2.24, 2.45) is 0 Å². The van der Waals surface area contributed by atoms with Crippen molar-refractivity contribution >= 4 is 22.4 Å². The number of aromatic nitrogens is 1. The van der Waals surface area contributed by atoms with Crippen molar-refractivity contribution in [2.45, 2.75) is 6.42 Å². The highest BCUT2D eigenvalue weighted by atomic mass is 16.1. The number of anilines is 1. The van der Waals surface area contributed by atoms with Gasteiger partial charge in [0.25, 0.3) is 0 Å². The summed E-state index contributed by atoms with van der Waals surface area (Å²) in [5, 5.41) is 8.21. The normalized spacial score (nSPS) is 10.6. The van der Waals surface area contributed by atoms with Crippen molar-refractivity contribution in [3.8, 4) is 0 Å². The molecule has 2 N–H and O–H groups in total. The number of nitrogens with zero attached hydrogens (tertiary/aromatic N) is 1. The molecule has 1 amide bonds. The first-order chi connectivity index (χ1) is 11.3. The van der Waals surface area contributed by atoms with Crippen molar-refractivity contribution in [1.82, 2.24) is 10.3 Å². The van der Waals surface area contributed by atoms with Gasteiger partial charge < -0.3 is 10.6 Å². The average Bonchev–Trinajstić information content (AvgIpc) is 2.59. The molecule has 0 saturated carbocycles. The number of amides is 1. The lowest BCUT2D eigenvalue weighted by Gasteiger charge is -2.08. The van der Waals surface area contributed by atoms with Gasteiger partial charge in [-0.05, 0) is 42.1 Å². The lowest BCUT2D eigenvalue weighted by atomic mass is 10.1. The molecule has 116 valence electrons. The first kappa shape index (κ1) is 15.2. The van der Waals surface area contributed by atoms with E-state index in [4.69, 9.17) is 0 Å². The summed E-state index contributed by atoms with van der Waals surface area (Å²) in [7, 11) is 0. The molecule has 0 aliphatic rings. The fourth-order valence-corrected chi connectivity index (χ4v) is 2.45. The van der Waals surface area contributed by atoms with Crippen molar-refractivity contribution in [2.75, 3.05) is 18.4 Å². The predicted octanol–water partition coefficient (Wildman–Crippen LogP) is 3.01. The zero-order valence-corrected chi connectivity index (χ0v) is 12.8. The minimum atomic E-state index is -0.0357. The van der Waals surface area contributed by atoms with E-state index in [0.29, 0.717) is 6.54 Å². The Bertz CT molecular complexity index is 787. The number of hydrogen-bond acceptors (Lipinski definition) is 3. The van der Waals surface area contributed by atoms with Crippen LogP contribution in [0.5, 0.6) is 0 Å². The number of fused-ring (bicyclic) bond motifs is 1. The van der Waals surface area contributed by atoms with Gasteiger partial charge in [0.1, 0.15) is 0 Å². The third kappa shape index (κ3) is 4.37. The van der Waals surface area contributed by atoms with E-state index in [1.165, 1.54) is 5.56 Å². The van der Waals surface area contributed by atoms with E-state index < -0.39 is 0 Å². The minimum absolute atomic E-state index is 0.0357. The second-order valence-electron chi connectivity index (χ2n) is 5.40. The molecule has 1 aromatic heterocycles. The van der Waals surface area contributed by atoms with Gasteiger partial charge >= 0.3 is 0 Å². The molecule has 23 heavy (non-hydrogen) atoms. The fourth-order valence-electron chi connectivity index (χ4n) is 2.45. The van der Waals surface area contributed by atoms with E-state index in [9.17, 15) is 4.79 Å². The number of pyridine rings is 1. The van der Waals surface area contributed by atoms with Gasteiger partial charge in [-0.25, -0.2) is 0 Å². The van der Waals surface area contributed by atoms with Crippen LogP contribution in [0.4, 0.5) is 5.69 Å². The Balaban J connectivity index is 1.46. The molecule has 0 fully saturated rings. The first-order valence-corrected chi connectivity index (χ1v) is 7.69. The molecule has 0 spiro atoms. The van der Waals surface area contributed by atoms with E-state index in [1.807, 2.05) is 48.7 Å². The van der Waals surface area contributed by atoms with Crippen molar-refractivity contribution in [3.05, 3.63) is 72.6 Å². The van der Waals surface area contributed by atoms with Crippen LogP contribution in [0.2, 0.25) is 0 Å². The van der Waals surface area contributed by atoms with Crippen LogP contribution >= 0.6 is 0 Å². The molecule has 0 atom stereocenters. The van der Waals surface area contributed by atoms with E-state index in [-0.39, 0.29) is 5.91 Å². The topological polar surface area (TPSA) is 54.0 Å². The van der Waals surface area contributed by atoms with Crippen LogP contribution in [0.3, 0.4) is 0 Å². The number of rotatable bonds is 6. The first-order valence-electron chi connectivity index (χ1n) is 7.69. The molecule has 0 radical (unpaired) electrons. The molecular formula is C19H19N3O. The van der Waals surface area contributed by atoms with Gasteiger partial charge in [0, 0.05) is 23.5 Å². The number of carbonyl (C=O) groups is 1. The molecule has 2 aromatic carbocycles. The largest absolute Gasteiger partial charge is 0.325 e. The summed E-state index contributed by atoms with van der Waals surface area (Å²) in [6.45, 7) is 1.09. The minimum Gasteiger partial charge on any atom is -0.325 e. The number of hydrogen-bond donors (Lipinski definition) is 2. The summed E-state index contributed by atoms with van der Waals surface area (Å²) in [5.41, 5.74) is 2.07. The lowest BCUT2D eigenvalue weighted by Crippen LogP contribution is -2.29. The van der Waals surface area contributed by atoms with Gasteiger partial charge in [-0.1, -0.05) is 36.4 Å². The molecule has 0 aliphatic carbocycles. The molecule has 0 unspecified atom stereocenters. The maximum absolute atomic E-state index is 12.0. The van der Waals surface area contributed by atoms with Crippen molar-refractivity contribution < 1.29 is 4.79 Å². The Hall–Kier alpha value is -2.72. The number of nitrogens with one attached hydrogen (secondary N) is 2. The van der Waals surface area contributed by atoms with E-state index in [1.54, 1.807) is 6.20 Å². The van der Waals surface area contributed by atoms with E-state index in [2.05, 4.69) is 27.8 Å². The van der Waals surface area contributed by atoms with Gasteiger partial charge in [-0.15, -0.1) is 0 Å². The van der Waals surface area contributed by atoms with E-state index >= 15 is 0 Å². The van der Waals surface area contributed by atoms with E-state index in [0.717, 1.165) is 29.4 Å². The van der Waals surface area contributed by atoms with Crippen LogP contribution in [0, 0.1) is 0 Å². The summed E-state index contributed by atoms with van der Waals surface area (Å²) in [5.74, 6) is -0.0357. The smallest absolute Gasteiger partial charge is 0.238 e. The Labute approximate surface area is 135 Å². The number of carbonyl (C=O) groups excluding carboxylic acids is 1. The van der Waals surface area contributed by atoms with Crippen LogP contribution in [-0.4, -0.2) is 24.0 Å². The van der Waals surface area contributed by atoms with Gasteiger partial charge in [0.05, 0.1) is 6.54 Å². The zero-order chi connectivity index (χ0) is 15.9. The molecular weight excluding hydrogens is 286 g/mol. The van der Waals surface area contributed by atoms with Crippen LogP contribution in [0.15, 0.2) is 67.0 Å². The third-order valence-corrected chi connectivity index (χ3v) is 3.64. The third-order valence-electron chi connectivity index (χ3n) is 3.64. The summed E-state index contributed by atoms with van der Waals surface area (Å²) in [4.78, 5) is 16.1. The highest BCUT2D eigenvalue weighted by Crippen LogP contribution is 2.17. The molecule has 4 nitrogen and oxygen atoms in total. The molecule has 3 rings (SSSR count). The van der Waals surface area contributed by atoms with Crippen LogP contribution in [-0.2, 0) is 11.2 Å². The Morgan fingerprint density at radius 1 is 1.00 bits per heavy atom. The second kappa shape index (κ2) is 7.51. The number of benzene rings is 2. The quantitative estimate of drug-likeness (QED) is 0.688. The molecule has 0 bridgehead atoms. The maximum Gasteiger partial charge on any atom is 0.238 e. The van der Waals surface area contributed by atoms with Crippen molar-refractivity contribution in [1.29, 1.82) is 0 Å². The lowest BCUT2D eigenvalue weighted by molar-refractivity contribution is -0.115. The van der Waals surface area contributed by atoms with Crippen LogP contribution in [0.1, 0.15) is 5.56 Å². The van der Waals surface area contributed by atoms with Gasteiger partial charge in [0.2, 0.25) is 5.91 Å². The fraction of sp³-hybridized carbons (Fsp3) is 0.158. The highest BCUT2D eigenvalue weighted by molar-refractivity contribution is 5.95. The Morgan fingerprint density at radius 2 is 1.87 bits per heavy atom. The molecule has 4 heteroatoms. The second-order valence-corrected chi connectivity index (χ2v) is 5.40. The highest BCUT2D eigenvalue weighted by Gasteiger charge is 2.03. The van der Waals surface area contributed by atoms with Gasteiger partial charge in [-0.2, -0.15) is 0 Å². The Kier molecular flexibility index (Phi) is 4.96. The molecule has 1 heterocycles. The van der Waals surface area contributed by atoms with Crippen LogP contribution in [0.25, 0.3) is 10.8 Å². The zero-order valence-electron chi connectivity index (χ0n) is 12.8. The standard InChI is InChI=1S/C19H19N3O/c23-19(14-21-10-8-15-4-2-1-3-5-15)22-18-7-6-17-13-20-11-9-16(17)12-18/h1-7,9,11-13,21H,8,10,14H2,(H,22,23). The summed E-state index contributed by atoms with van der Waals surface area (Å²) in [6.07, 6.45) is 4.47. The Morgan fingerprint density at radius 3 is 2.74 bits per heavy atom. The van der Waals surface area contributed by atoms with Crippen LogP contribution < -0.4 is 10.6 Å². The summed E-state index contributed by atoms with van der Waals surface area (Å²) in [6, 6.07) is 18.0. The summed E-state index contributed by atoms with van der Waals surface area (Å²) >= 11 is 0. The van der Waals surface area contributed by atoms with Gasteiger partial charge in [0.15, 0.2) is 0 Å². The maximum atomic E-state index is 12.0. The van der Waals surface area contributed by atoms with Crippen molar-refractivity contribution in [3.63, 3.8) is 0 Å². The summed E-state index contributed by atoms with van der Waals surface area (Å²) < 4.78 is 0.